The Balaban J connectivity index is 1.94. The third-order valence-electron chi connectivity index (χ3n) is 5.22. The fraction of sp³-hybridized carbons (Fsp3) is 0.316. The lowest BCUT2D eigenvalue weighted by Gasteiger charge is -2.44. The number of carboxylic acid groups (broad SMARTS) is 1. The Bertz CT molecular complexity index is 924. The van der Waals surface area contributed by atoms with E-state index in [-0.39, 0.29) is 28.1 Å². The molecule has 1 fully saturated rings. The molecule has 1 amide bonds. The number of benzene rings is 2. The molecule has 0 unspecified atom stereocenters. The molecule has 2 aromatic rings. The molecular formula is C19H17BrF2N2O3. The van der Waals surface area contributed by atoms with Gasteiger partial charge >= 0.3 is 6.09 Å². The summed E-state index contributed by atoms with van der Waals surface area (Å²) in [5.74, 6) is -0.401. The first-order valence-corrected chi connectivity index (χ1v) is 9.35. The monoisotopic (exact) mass is 438 g/mol. The van der Waals surface area contributed by atoms with E-state index in [2.05, 4.69) is 15.9 Å². The Morgan fingerprint density at radius 1 is 1.30 bits per heavy atom. The quantitative estimate of drug-likeness (QED) is 0.668. The van der Waals surface area contributed by atoms with Gasteiger partial charge in [-0.05, 0) is 40.9 Å². The Morgan fingerprint density at radius 2 is 2.07 bits per heavy atom. The van der Waals surface area contributed by atoms with Crippen LogP contribution in [0.15, 0.2) is 34.8 Å². The number of ether oxygens (including phenoxy) is 1. The maximum atomic E-state index is 14.1. The summed E-state index contributed by atoms with van der Waals surface area (Å²) in [5, 5.41) is 9.52. The van der Waals surface area contributed by atoms with Gasteiger partial charge in [-0.15, -0.1) is 0 Å². The van der Waals surface area contributed by atoms with Crippen LogP contribution in [0.1, 0.15) is 24.4 Å². The largest absolute Gasteiger partial charge is 0.465 e. The summed E-state index contributed by atoms with van der Waals surface area (Å²) in [4.78, 5) is 14.9. The molecule has 1 saturated heterocycles. The molecule has 0 spiro atoms. The molecule has 2 aliphatic rings. The van der Waals surface area contributed by atoms with Crippen LogP contribution in [-0.2, 0) is 0 Å². The number of carbonyl (C=O) groups is 1. The molecule has 2 heterocycles. The zero-order chi connectivity index (χ0) is 19.3. The van der Waals surface area contributed by atoms with Crippen LogP contribution in [0.3, 0.4) is 0 Å². The van der Waals surface area contributed by atoms with Crippen molar-refractivity contribution >= 4 is 27.7 Å². The van der Waals surface area contributed by atoms with Crippen LogP contribution in [0.2, 0.25) is 0 Å². The van der Waals surface area contributed by atoms with Gasteiger partial charge in [0.15, 0.2) is 5.75 Å². The van der Waals surface area contributed by atoms with Crippen molar-refractivity contribution in [1.82, 2.24) is 4.90 Å². The highest BCUT2D eigenvalue weighted by molar-refractivity contribution is 9.10. The van der Waals surface area contributed by atoms with Gasteiger partial charge in [0.25, 0.3) is 0 Å². The van der Waals surface area contributed by atoms with Crippen molar-refractivity contribution in [2.75, 3.05) is 18.5 Å². The average Bonchev–Trinajstić information content (AvgIpc) is 2.75. The molecule has 4 rings (SSSR count). The van der Waals surface area contributed by atoms with Gasteiger partial charge in [0.05, 0.1) is 22.2 Å². The Morgan fingerprint density at radius 3 is 2.81 bits per heavy atom. The highest BCUT2D eigenvalue weighted by Gasteiger charge is 2.41. The lowest BCUT2D eigenvalue weighted by Crippen LogP contribution is -2.50. The third kappa shape index (κ3) is 3.01. The topological polar surface area (TPSA) is 53.0 Å². The minimum absolute atomic E-state index is 0.274. The first-order valence-electron chi connectivity index (χ1n) is 8.55. The molecule has 27 heavy (non-hydrogen) atoms. The van der Waals surface area contributed by atoms with Crippen LogP contribution in [0.5, 0.6) is 11.5 Å². The highest BCUT2D eigenvalue weighted by Crippen LogP contribution is 2.49. The first-order chi connectivity index (χ1) is 12.9. The molecular weight excluding hydrogens is 422 g/mol. The van der Waals surface area contributed by atoms with Crippen molar-refractivity contribution in [3.8, 4) is 11.5 Å². The van der Waals surface area contributed by atoms with Gasteiger partial charge < -0.3 is 19.6 Å². The number of fused-ring (bicyclic) bond motifs is 5. The number of likely N-dealkylation sites (N-methyl/N-ethyl adjacent to an activating group) is 1. The van der Waals surface area contributed by atoms with Gasteiger partial charge in [0, 0.05) is 31.3 Å². The van der Waals surface area contributed by atoms with Crippen LogP contribution >= 0.6 is 15.9 Å². The van der Waals surface area contributed by atoms with Crippen molar-refractivity contribution in [3.05, 3.63) is 52.0 Å². The fourth-order valence-electron chi connectivity index (χ4n) is 3.95. The molecule has 0 saturated carbocycles. The summed E-state index contributed by atoms with van der Waals surface area (Å²) in [5.41, 5.74) is 1.33. The van der Waals surface area contributed by atoms with E-state index < -0.39 is 17.7 Å². The summed E-state index contributed by atoms with van der Waals surface area (Å²) in [6.07, 6.45) is 0.401. The maximum Gasteiger partial charge on any atom is 0.407 e. The van der Waals surface area contributed by atoms with E-state index in [0.717, 1.165) is 6.42 Å². The van der Waals surface area contributed by atoms with Crippen molar-refractivity contribution < 1.29 is 23.4 Å². The zero-order valence-electron chi connectivity index (χ0n) is 14.5. The summed E-state index contributed by atoms with van der Waals surface area (Å²) in [7, 11) is 1.53. The molecule has 0 bridgehead atoms. The van der Waals surface area contributed by atoms with Gasteiger partial charge in [-0.2, -0.15) is 0 Å². The van der Waals surface area contributed by atoms with E-state index in [9.17, 15) is 18.7 Å². The predicted octanol–water partition coefficient (Wildman–Crippen LogP) is 5.15. The molecule has 1 N–H and O–H groups in total. The minimum atomic E-state index is -1.03. The molecule has 8 heteroatoms. The van der Waals surface area contributed by atoms with E-state index >= 15 is 0 Å². The van der Waals surface area contributed by atoms with E-state index in [0.29, 0.717) is 24.2 Å². The van der Waals surface area contributed by atoms with Crippen molar-refractivity contribution in [3.63, 3.8) is 0 Å². The van der Waals surface area contributed by atoms with Crippen LogP contribution in [0.25, 0.3) is 0 Å². The minimum Gasteiger partial charge on any atom is -0.465 e. The summed E-state index contributed by atoms with van der Waals surface area (Å²) >= 11 is 3.21. The molecule has 142 valence electrons. The predicted molar refractivity (Wildman–Crippen MR) is 99.5 cm³/mol. The second kappa shape index (κ2) is 6.67. The van der Waals surface area contributed by atoms with E-state index in [1.807, 2.05) is 4.90 Å². The number of hydrogen-bond acceptors (Lipinski definition) is 3. The normalized spacial score (nSPS) is 20.7. The smallest absolute Gasteiger partial charge is 0.407 e. The number of nitrogens with zero attached hydrogens (tertiary/aromatic N) is 2. The van der Waals surface area contributed by atoms with Crippen LogP contribution in [0.4, 0.5) is 19.3 Å². The molecule has 0 aromatic heterocycles. The molecule has 2 aliphatic heterocycles. The van der Waals surface area contributed by atoms with E-state index in [1.165, 1.54) is 30.1 Å². The summed E-state index contributed by atoms with van der Waals surface area (Å²) < 4.78 is 34.2. The third-order valence-corrected chi connectivity index (χ3v) is 5.83. The lowest BCUT2D eigenvalue weighted by molar-refractivity contribution is 0.121. The highest BCUT2D eigenvalue weighted by atomic mass is 79.9. The van der Waals surface area contributed by atoms with Gasteiger partial charge in [-0.3, -0.25) is 0 Å². The number of anilines is 1. The number of rotatable bonds is 1. The lowest BCUT2D eigenvalue weighted by atomic mass is 9.88. The molecule has 2 aromatic carbocycles. The van der Waals surface area contributed by atoms with Crippen molar-refractivity contribution in [2.24, 2.45) is 0 Å². The van der Waals surface area contributed by atoms with Gasteiger partial charge in [-0.1, -0.05) is 6.07 Å². The first kappa shape index (κ1) is 18.0. The standard InChI is InChI=1S/C19H17BrF2N2O3/c1-23(19(25)26)14-3-2-6-24-15-8-12(20)13(22)9-17(15)27-16-7-10(21)4-5-11(16)18(14)24/h4-5,7-9,14,18H,2-3,6H2,1H3,(H,25,26)/t14-,18+/m1/s1. The van der Waals surface area contributed by atoms with Gasteiger partial charge in [-0.25, -0.2) is 13.6 Å². The molecule has 2 atom stereocenters. The Hall–Kier alpha value is -2.35. The van der Waals surface area contributed by atoms with Gasteiger partial charge in [0.1, 0.15) is 17.4 Å². The number of halogens is 3. The maximum absolute atomic E-state index is 14.1. The zero-order valence-corrected chi connectivity index (χ0v) is 16.0. The van der Waals surface area contributed by atoms with Crippen LogP contribution in [-0.4, -0.2) is 35.7 Å². The second-order valence-corrected chi connectivity index (χ2v) is 7.61. The van der Waals surface area contributed by atoms with Gasteiger partial charge in [0.2, 0.25) is 0 Å². The Labute approximate surface area is 163 Å². The number of hydrogen-bond donors (Lipinski definition) is 1. The van der Waals surface area contributed by atoms with Crippen molar-refractivity contribution in [2.45, 2.75) is 24.9 Å². The Kier molecular flexibility index (Phi) is 4.46. The number of amides is 1. The SMILES string of the molecule is CN(C(=O)O)[C@@H]1CCCN2c3cc(Br)c(F)cc3Oc3cc(F)ccc3[C@@H]12. The van der Waals surface area contributed by atoms with E-state index in [1.54, 1.807) is 12.1 Å². The summed E-state index contributed by atoms with van der Waals surface area (Å²) in [6.45, 7) is 0.653. The molecule has 0 aliphatic carbocycles. The van der Waals surface area contributed by atoms with Crippen LogP contribution in [0, 0.1) is 11.6 Å². The van der Waals surface area contributed by atoms with E-state index in [4.69, 9.17) is 4.74 Å². The summed E-state index contributed by atoms with van der Waals surface area (Å²) in [6, 6.07) is 6.39. The van der Waals surface area contributed by atoms with Crippen molar-refractivity contribution in [1.29, 1.82) is 0 Å². The molecule has 0 radical (unpaired) electrons. The second-order valence-electron chi connectivity index (χ2n) is 6.76. The number of piperidine rings is 1. The van der Waals surface area contributed by atoms with Crippen LogP contribution < -0.4 is 9.64 Å². The molecule has 5 nitrogen and oxygen atoms in total. The average molecular weight is 439 g/mol. The fourth-order valence-corrected chi connectivity index (χ4v) is 4.28.